The van der Waals surface area contributed by atoms with Gasteiger partial charge in [0.15, 0.2) is 5.11 Å². The van der Waals surface area contributed by atoms with Crippen LogP contribution in [0.15, 0.2) is 41.5 Å². The summed E-state index contributed by atoms with van der Waals surface area (Å²) in [6.07, 6.45) is 1.01. The fourth-order valence-electron chi connectivity index (χ4n) is 1.52. The number of nitrogens with zero attached hydrogens (tertiary/aromatic N) is 1. The highest BCUT2D eigenvalue weighted by atomic mass is 35.5. The van der Waals surface area contributed by atoms with E-state index in [1.807, 2.05) is 0 Å². The van der Waals surface area contributed by atoms with E-state index in [-0.39, 0.29) is 10.7 Å². The summed E-state index contributed by atoms with van der Waals surface area (Å²) in [5.41, 5.74) is 2.79. The maximum absolute atomic E-state index is 13.4. The third-order valence-corrected chi connectivity index (χ3v) is 3.47. The molecule has 0 aromatic heterocycles. The number of hydrogen-bond acceptors (Lipinski definition) is 2. The summed E-state index contributed by atoms with van der Waals surface area (Å²) in [5, 5.41) is 7.40. The summed E-state index contributed by atoms with van der Waals surface area (Å²) in [6.45, 7) is 0. The van der Waals surface area contributed by atoms with Crippen molar-refractivity contribution in [3.05, 3.63) is 63.6 Å². The smallest absolute Gasteiger partial charge is 0.191 e. The molecular formula is C14H9Cl2F2N3S. The van der Waals surface area contributed by atoms with Crippen LogP contribution in [0.3, 0.4) is 0 Å². The van der Waals surface area contributed by atoms with Gasteiger partial charge in [-0.25, -0.2) is 8.78 Å². The maximum Gasteiger partial charge on any atom is 0.191 e. The molecule has 0 bridgehead atoms. The molecule has 0 saturated heterocycles. The lowest BCUT2D eigenvalue weighted by Gasteiger charge is -2.07. The Balaban J connectivity index is 1.98. The van der Waals surface area contributed by atoms with Crippen LogP contribution in [0.25, 0.3) is 0 Å². The van der Waals surface area contributed by atoms with E-state index in [1.165, 1.54) is 6.07 Å². The molecule has 2 rings (SSSR count). The second-order valence-corrected chi connectivity index (χ2v) is 5.31. The van der Waals surface area contributed by atoms with Crippen molar-refractivity contribution >= 4 is 52.4 Å². The van der Waals surface area contributed by atoms with Crippen molar-refractivity contribution in [2.45, 2.75) is 0 Å². The van der Waals surface area contributed by atoms with E-state index in [9.17, 15) is 8.78 Å². The molecule has 22 heavy (non-hydrogen) atoms. The Labute approximate surface area is 140 Å². The first kappa shape index (κ1) is 16.6. The largest absolute Gasteiger partial charge is 0.331 e. The molecule has 2 N–H and O–H groups in total. The van der Waals surface area contributed by atoms with Crippen LogP contribution in [0, 0.1) is 11.6 Å². The maximum atomic E-state index is 13.4. The Bertz CT molecular complexity index is 718. The van der Waals surface area contributed by atoms with Gasteiger partial charge in [0.1, 0.15) is 11.6 Å². The minimum Gasteiger partial charge on any atom is -0.331 e. The van der Waals surface area contributed by atoms with Crippen molar-refractivity contribution in [2.24, 2.45) is 5.10 Å². The second-order valence-electron chi connectivity index (χ2n) is 4.09. The first-order chi connectivity index (χ1) is 10.5. The zero-order valence-corrected chi connectivity index (χ0v) is 13.2. The minimum absolute atomic E-state index is 0.131. The molecule has 2 aromatic rings. The van der Waals surface area contributed by atoms with Gasteiger partial charge in [-0.3, -0.25) is 5.43 Å². The molecule has 0 saturated carbocycles. The van der Waals surface area contributed by atoms with E-state index >= 15 is 0 Å². The van der Waals surface area contributed by atoms with Crippen molar-refractivity contribution in [3.8, 4) is 0 Å². The molecule has 0 unspecified atom stereocenters. The van der Waals surface area contributed by atoms with Gasteiger partial charge in [0, 0.05) is 5.69 Å². The fraction of sp³-hybridized carbons (Fsp3) is 0. The van der Waals surface area contributed by atoms with Crippen LogP contribution in [0.1, 0.15) is 5.56 Å². The van der Waals surface area contributed by atoms with Crippen LogP contribution in [0.4, 0.5) is 14.5 Å². The predicted molar refractivity (Wildman–Crippen MR) is 89.8 cm³/mol. The normalized spacial score (nSPS) is 10.7. The lowest BCUT2D eigenvalue weighted by atomic mass is 10.2. The van der Waals surface area contributed by atoms with Crippen LogP contribution in [-0.4, -0.2) is 11.3 Å². The minimum atomic E-state index is -0.714. The molecule has 0 spiro atoms. The van der Waals surface area contributed by atoms with Gasteiger partial charge in [0.25, 0.3) is 0 Å². The second kappa shape index (κ2) is 7.49. The van der Waals surface area contributed by atoms with Gasteiger partial charge in [-0.05, 0) is 42.5 Å². The van der Waals surface area contributed by atoms with E-state index < -0.39 is 11.6 Å². The average molecular weight is 360 g/mol. The number of nitrogens with one attached hydrogen (secondary N) is 2. The first-order valence-electron chi connectivity index (χ1n) is 5.96. The molecule has 114 valence electrons. The molecule has 8 heteroatoms. The number of halogens is 4. The van der Waals surface area contributed by atoms with Crippen LogP contribution < -0.4 is 10.7 Å². The Kier molecular flexibility index (Phi) is 5.65. The zero-order valence-electron chi connectivity index (χ0n) is 10.9. The third-order valence-electron chi connectivity index (χ3n) is 2.54. The van der Waals surface area contributed by atoms with Gasteiger partial charge in [-0.1, -0.05) is 29.3 Å². The molecule has 0 fully saturated rings. The molecule has 0 heterocycles. The number of hydrazone groups is 1. The van der Waals surface area contributed by atoms with Crippen molar-refractivity contribution in [1.82, 2.24) is 5.43 Å². The summed E-state index contributed by atoms with van der Waals surface area (Å²) < 4.78 is 26.7. The molecule has 0 aliphatic rings. The Morgan fingerprint density at radius 1 is 1.09 bits per heavy atom. The van der Waals surface area contributed by atoms with Crippen molar-refractivity contribution < 1.29 is 8.78 Å². The summed E-state index contributed by atoms with van der Waals surface area (Å²) in [7, 11) is 0. The van der Waals surface area contributed by atoms with Gasteiger partial charge in [0.2, 0.25) is 0 Å². The summed E-state index contributed by atoms with van der Waals surface area (Å²) in [6, 6.07) is 8.40. The average Bonchev–Trinajstić information content (AvgIpc) is 2.46. The molecular weight excluding hydrogens is 351 g/mol. The molecule has 0 aliphatic heterocycles. The quantitative estimate of drug-likeness (QED) is 0.478. The molecule has 0 atom stereocenters. The van der Waals surface area contributed by atoms with Gasteiger partial charge in [-0.2, -0.15) is 5.10 Å². The van der Waals surface area contributed by atoms with E-state index in [2.05, 4.69) is 15.8 Å². The highest BCUT2D eigenvalue weighted by Crippen LogP contribution is 2.24. The van der Waals surface area contributed by atoms with Gasteiger partial charge < -0.3 is 5.32 Å². The highest BCUT2D eigenvalue weighted by molar-refractivity contribution is 7.80. The summed E-state index contributed by atoms with van der Waals surface area (Å²) in [4.78, 5) is 0. The van der Waals surface area contributed by atoms with Crippen LogP contribution in [0.2, 0.25) is 10.0 Å². The van der Waals surface area contributed by atoms with Gasteiger partial charge >= 0.3 is 0 Å². The predicted octanol–water partition coefficient (Wildman–Crippen LogP) is 4.59. The van der Waals surface area contributed by atoms with Crippen molar-refractivity contribution in [1.29, 1.82) is 0 Å². The third kappa shape index (κ3) is 4.37. The van der Waals surface area contributed by atoms with Crippen LogP contribution in [0.5, 0.6) is 0 Å². The molecule has 0 radical (unpaired) electrons. The summed E-state index contributed by atoms with van der Waals surface area (Å²) >= 11 is 16.7. The van der Waals surface area contributed by atoms with E-state index in [1.54, 1.807) is 18.2 Å². The Morgan fingerprint density at radius 2 is 1.77 bits per heavy atom. The summed E-state index contributed by atoms with van der Waals surface area (Å²) in [5.74, 6) is -1.43. The standard InChI is InChI=1S/C14H9Cl2F2N3S/c15-10-5-4-8(6-11(10)16)20-14(22)21-19-7-9-12(17)2-1-3-13(9)18/h1-7H,(H2,20,21,22)/b19-7+. The van der Waals surface area contributed by atoms with Gasteiger partial charge in [-0.15, -0.1) is 0 Å². The SMILES string of the molecule is Fc1cccc(F)c1/C=N/NC(=S)Nc1ccc(Cl)c(Cl)c1. The van der Waals surface area contributed by atoms with Crippen LogP contribution in [-0.2, 0) is 0 Å². The number of anilines is 1. The molecule has 0 amide bonds. The lowest BCUT2D eigenvalue weighted by molar-refractivity contribution is 0.580. The van der Waals surface area contributed by atoms with E-state index in [0.29, 0.717) is 15.7 Å². The van der Waals surface area contributed by atoms with Gasteiger partial charge in [0.05, 0.1) is 21.8 Å². The number of thiocarbonyl (C=S) groups is 1. The Hall–Kier alpha value is -1.76. The number of benzene rings is 2. The topological polar surface area (TPSA) is 36.4 Å². The zero-order chi connectivity index (χ0) is 16.1. The monoisotopic (exact) mass is 359 g/mol. The highest BCUT2D eigenvalue weighted by Gasteiger charge is 2.05. The number of hydrogen-bond donors (Lipinski definition) is 2. The van der Waals surface area contributed by atoms with Crippen LogP contribution >= 0.6 is 35.4 Å². The molecule has 0 aliphatic carbocycles. The van der Waals surface area contributed by atoms with Crippen molar-refractivity contribution in [3.63, 3.8) is 0 Å². The van der Waals surface area contributed by atoms with Crippen molar-refractivity contribution in [2.75, 3.05) is 5.32 Å². The number of rotatable bonds is 3. The van der Waals surface area contributed by atoms with E-state index in [0.717, 1.165) is 18.3 Å². The fourth-order valence-corrected chi connectivity index (χ4v) is 1.99. The lowest BCUT2D eigenvalue weighted by Crippen LogP contribution is -2.23. The molecule has 3 nitrogen and oxygen atoms in total. The Morgan fingerprint density at radius 3 is 2.41 bits per heavy atom. The van der Waals surface area contributed by atoms with E-state index in [4.69, 9.17) is 35.4 Å². The first-order valence-corrected chi connectivity index (χ1v) is 7.13. The molecule has 2 aromatic carbocycles.